The number of nitrogens with zero attached hydrogens (tertiary/aromatic N) is 2. The van der Waals surface area contributed by atoms with Crippen LogP contribution in [-0.4, -0.2) is 56.7 Å². The van der Waals surface area contributed by atoms with E-state index in [4.69, 9.17) is 23.4 Å². The molecule has 29 heavy (non-hydrogen) atoms. The van der Waals surface area contributed by atoms with E-state index in [1.807, 2.05) is 18.7 Å². The molecule has 0 unspecified atom stereocenters. The molecule has 0 amide bonds. The first-order valence-corrected chi connectivity index (χ1v) is 11.1. The average Bonchev–Trinajstić information content (AvgIpc) is 2.59. The van der Waals surface area contributed by atoms with Gasteiger partial charge in [0.2, 0.25) is 0 Å². The van der Waals surface area contributed by atoms with E-state index in [-0.39, 0.29) is 0 Å². The summed E-state index contributed by atoms with van der Waals surface area (Å²) in [5.41, 5.74) is 2.39. The molecule has 0 saturated carbocycles. The number of rotatable bonds is 11. The molecule has 1 aromatic rings. The van der Waals surface area contributed by atoms with Crippen LogP contribution in [-0.2, 0) is 0 Å². The summed E-state index contributed by atoms with van der Waals surface area (Å²) in [6.07, 6.45) is 7.76. The highest BCUT2D eigenvalue weighted by Crippen LogP contribution is 2.18. The first-order valence-electron chi connectivity index (χ1n) is 9.82. The molecule has 7 nitrogen and oxygen atoms in total. The molecule has 1 aromatic carbocycles. The Labute approximate surface area is 177 Å². The quantitative estimate of drug-likeness (QED) is 0.267. The fraction of sp³-hybridized carbons (Fsp3) is 0.619. The van der Waals surface area contributed by atoms with Crippen LogP contribution in [0.4, 0.5) is 0 Å². The average molecular weight is 431 g/mol. The normalized spacial score (nSPS) is 10.8. The van der Waals surface area contributed by atoms with Crippen molar-refractivity contribution < 1.29 is 38.2 Å². The van der Waals surface area contributed by atoms with Crippen molar-refractivity contribution in [1.82, 2.24) is 4.90 Å². The molecule has 0 aliphatic heterocycles. The zero-order valence-electron chi connectivity index (χ0n) is 18.3. The molecule has 0 aromatic heterocycles. The Bertz CT molecular complexity index is 611. The lowest BCUT2D eigenvalue weighted by Crippen LogP contribution is -2.68. The molecule has 8 heteroatoms. The molecule has 0 bridgehead atoms. The van der Waals surface area contributed by atoms with Gasteiger partial charge in [-0.15, -0.1) is 10.2 Å². The van der Waals surface area contributed by atoms with Gasteiger partial charge in [0.15, 0.2) is 5.87 Å². The summed E-state index contributed by atoms with van der Waals surface area (Å²) in [6.45, 7) is 3.94. The van der Waals surface area contributed by atoms with Crippen LogP contribution in [0, 0.1) is 10.2 Å². The molecule has 0 spiro atoms. The standard InChI is InChI=1S/C21H35N2O.ClHO4/c1-6-7-8-9-10-11-16-24-21-14-12-19(13-15-21)20(17-22(2)3)18-23(4)5;2-1(3,4)5/h12-15H,6-11,16-17H2,1-5H3;(H,2,3,4,5)/q+1;/p-1. The lowest BCUT2D eigenvalue weighted by atomic mass is 10.1. The van der Waals surface area contributed by atoms with Gasteiger partial charge < -0.3 is 9.64 Å². The van der Waals surface area contributed by atoms with Gasteiger partial charge in [0, 0.05) is 6.54 Å². The van der Waals surface area contributed by atoms with Crippen LogP contribution in [0.25, 0.3) is 5.57 Å². The summed E-state index contributed by atoms with van der Waals surface area (Å²) < 4.78 is 41.8. The summed E-state index contributed by atoms with van der Waals surface area (Å²) in [6, 6.07) is 8.40. The Kier molecular flexibility index (Phi) is 14.6. The van der Waals surface area contributed by atoms with Crippen molar-refractivity contribution in [2.45, 2.75) is 45.4 Å². The summed E-state index contributed by atoms with van der Waals surface area (Å²) >= 11 is 0. The topological polar surface area (TPSA) is 108 Å². The smallest absolute Gasteiger partial charge is 0.172 e. The summed E-state index contributed by atoms with van der Waals surface area (Å²) in [5.74, 6) is 4.35. The van der Waals surface area contributed by atoms with Crippen LogP contribution in [0.3, 0.4) is 0 Å². The Balaban J connectivity index is 0.00000139. The van der Waals surface area contributed by atoms with Gasteiger partial charge in [-0.05, 0) is 38.2 Å². The van der Waals surface area contributed by atoms with Gasteiger partial charge in [0.25, 0.3) is 0 Å². The van der Waals surface area contributed by atoms with Gasteiger partial charge in [-0.25, -0.2) is 18.6 Å². The summed E-state index contributed by atoms with van der Waals surface area (Å²) in [4.78, 5) is 2.16. The minimum atomic E-state index is -4.94. The molecule has 0 aliphatic rings. The lowest BCUT2D eigenvalue weighted by molar-refractivity contribution is -2.00. The fourth-order valence-electron chi connectivity index (χ4n) is 2.60. The molecule has 1 rings (SSSR count). The third-order valence-electron chi connectivity index (χ3n) is 3.80. The second kappa shape index (κ2) is 15.4. The van der Waals surface area contributed by atoms with Crippen molar-refractivity contribution in [2.24, 2.45) is 0 Å². The van der Waals surface area contributed by atoms with Crippen molar-refractivity contribution in [3.05, 3.63) is 29.8 Å². The lowest BCUT2D eigenvalue weighted by Gasteiger charge is -2.17. The maximum Gasteiger partial charge on any atom is 0.172 e. The van der Waals surface area contributed by atoms with Gasteiger partial charge in [0.1, 0.15) is 19.8 Å². The van der Waals surface area contributed by atoms with Gasteiger partial charge in [-0.3, -0.25) is 0 Å². The van der Waals surface area contributed by atoms with Crippen LogP contribution < -0.4 is 23.4 Å². The molecule has 0 fully saturated rings. The second-order valence-corrected chi connectivity index (χ2v) is 8.00. The zero-order valence-corrected chi connectivity index (χ0v) is 19.0. The van der Waals surface area contributed by atoms with Gasteiger partial charge in [0.05, 0.1) is 12.2 Å². The number of benzene rings is 1. The molecule has 0 heterocycles. The Morgan fingerprint density at radius 1 is 0.966 bits per heavy atom. The van der Waals surface area contributed by atoms with Crippen LogP contribution in [0.1, 0.15) is 51.0 Å². The molecular formula is C21H35ClN2O5. The van der Waals surface area contributed by atoms with E-state index in [1.165, 1.54) is 43.2 Å². The molecule has 0 atom stereocenters. The Hall–Kier alpha value is -1.44. The van der Waals surface area contributed by atoms with E-state index < -0.39 is 10.2 Å². The van der Waals surface area contributed by atoms with E-state index in [0.717, 1.165) is 25.3 Å². The van der Waals surface area contributed by atoms with E-state index in [0.29, 0.717) is 0 Å². The Morgan fingerprint density at radius 2 is 1.48 bits per heavy atom. The SMILES string of the molecule is CCCCCCCCOc1ccc(C(=C=[N+](C)C)CN(C)C)cc1.[O-][Cl+3]([O-])([O-])[O-]. The zero-order chi connectivity index (χ0) is 22.3. The largest absolute Gasteiger partial charge is 0.494 e. The summed E-state index contributed by atoms with van der Waals surface area (Å²) in [5, 5.41) is 0. The highest BCUT2D eigenvalue weighted by atomic mass is 35.7. The van der Waals surface area contributed by atoms with Gasteiger partial charge >= 0.3 is 0 Å². The number of ether oxygens (including phenoxy) is 1. The van der Waals surface area contributed by atoms with Crippen molar-refractivity contribution in [3.63, 3.8) is 0 Å². The molecule has 0 aliphatic carbocycles. The maximum atomic E-state index is 8.49. The first-order chi connectivity index (χ1) is 13.5. The number of hydrogen-bond donors (Lipinski definition) is 0. The minimum Gasteiger partial charge on any atom is -0.494 e. The Morgan fingerprint density at radius 3 is 1.97 bits per heavy atom. The fourth-order valence-corrected chi connectivity index (χ4v) is 2.60. The van der Waals surface area contributed by atoms with Crippen LogP contribution in [0.15, 0.2) is 24.3 Å². The number of hydrogen-bond acceptors (Lipinski definition) is 6. The predicted octanol–water partition coefficient (Wildman–Crippen LogP) is -0.443. The molecule has 0 N–H and O–H groups in total. The molecule has 0 saturated heterocycles. The van der Waals surface area contributed by atoms with Gasteiger partial charge in [-0.2, -0.15) is 4.58 Å². The molecule has 0 radical (unpaired) electrons. The van der Waals surface area contributed by atoms with Crippen LogP contribution in [0.2, 0.25) is 0 Å². The molecular weight excluding hydrogens is 396 g/mol. The van der Waals surface area contributed by atoms with E-state index in [9.17, 15) is 0 Å². The van der Waals surface area contributed by atoms with Crippen LogP contribution >= 0.6 is 0 Å². The van der Waals surface area contributed by atoms with E-state index in [2.05, 4.69) is 56.1 Å². The maximum absolute atomic E-state index is 8.49. The number of halogens is 1. The second-order valence-electron chi connectivity index (χ2n) is 7.24. The van der Waals surface area contributed by atoms with Gasteiger partial charge in [-0.1, -0.05) is 51.2 Å². The predicted molar refractivity (Wildman–Crippen MR) is 104 cm³/mol. The van der Waals surface area contributed by atoms with E-state index >= 15 is 0 Å². The van der Waals surface area contributed by atoms with Crippen molar-refractivity contribution in [3.8, 4) is 5.75 Å². The summed E-state index contributed by atoms with van der Waals surface area (Å²) in [7, 11) is 3.23. The third kappa shape index (κ3) is 18.3. The number of unbranched alkanes of at least 4 members (excludes halogenated alkanes) is 5. The first kappa shape index (κ1) is 27.6. The monoisotopic (exact) mass is 430 g/mol. The highest BCUT2D eigenvalue weighted by molar-refractivity contribution is 5.88. The minimum absolute atomic E-state index is 0.815. The van der Waals surface area contributed by atoms with Crippen LogP contribution in [0.5, 0.6) is 5.75 Å². The van der Waals surface area contributed by atoms with Crippen molar-refractivity contribution in [1.29, 1.82) is 0 Å². The number of likely N-dealkylation sites (N-methyl/N-ethyl adjacent to an activating group) is 1. The van der Waals surface area contributed by atoms with Crippen molar-refractivity contribution >= 4 is 11.4 Å². The van der Waals surface area contributed by atoms with Crippen molar-refractivity contribution in [2.75, 3.05) is 41.3 Å². The highest BCUT2D eigenvalue weighted by Gasteiger charge is 2.06. The third-order valence-corrected chi connectivity index (χ3v) is 3.80. The van der Waals surface area contributed by atoms with E-state index in [1.54, 1.807) is 0 Å². The molecule has 166 valence electrons.